The van der Waals surface area contributed by atoms with Gasteiger partial charge in [0.2, 0.25) is 0 Å². The lowest BCUT2D eigenvalue weighted by Crippen LogP contribution is -2.71. The van der Waals surface area contributed by atoms with Gasteiger partial charge < -0.3 is 0 Å². The van der Waals surface area contributed by atoms with Crippen molar-refractivity contribution in [3.63, 3.8) is 0 Å². The Kier molecular flexibility index (Phi) is 6.45. The molecule has 2 rings (SSSR count). The van der Waals surface area contributed by atoms with Gasteiger partial charge in [-0.3, -0.25) is 4.98 Å². The molecule has 1 heterocycles. The van der Waals surface area contributed by atoms with E-state index in [0.717, 1.165) is 11.3 Å². The van der Waals surface area contributed by atoms with E-state index >= 15 is 0 Å². The minimum Gasteiger partial charge on any atom is -0.256 e. The second-order valence-electron chi connectivity index (χ2n) is 5.88. The quantitative estimate of drug-likeness (QED) is 0.578. The predicted molar refractivity (Wildman–Crippen MR) is 115 cm³/mol. The van der Waals surface area contributed by atoms with E-state index in [-0.39, 0.29) is 0 Å². The zero-order valence-corrected chi connectivity index (χ0v) is 13.4. The molecule has 0 fully saturated rings. The first-order valence-electron chi connectivity index (χ1n) is 7.62. The molecule has 0 atom stereocenters. The maximum absolute atomic E-state index is 6.20. The van der Waals surface area contributed by atoms with Crippen LogP contribution in [0.1, 0.15) is 5.56 Å². The van der Waals surface area contributed by atoms with Crippen molar-refractivity contribution in [3.05, 3.63) is 54.2 Å². The SMILES string of the molecule is [B]B([B])B([B])C(B([B])[B])(B([B])[B])c1ccc(-c2ccccn2)cc1. The number of nitrogens with zero attached hydrogens (tertiary/aromatic N) is 1. The summed E-state index contributed by atoms with van der Waals surface area (Å²) in [5.74, 6) is 0. The van der Waals surface area contributed by atoms with Crippen LogP contribution in [-0.4, -0.2) is 85.0 Å². The van der Waals surface area contributed by atoms with E-state index < -0.39 is 31.0 Å². The van der Waals surface area contributed by atoms with Gasteiger partial charge in [0, 0.05) is 91.8 Å². The summed E-state index contributed by atoms with van der Waals surface area (Å²) in [6, 6.07) is 13.1. The van der Waals surface area contributed by atoms with Crippen molar-refractivity contribution >= 4 is 80.0 Å². The lowest BCUT2D eigenvalue weighted by atomic mass is 8.70. The van der Waals surface area contributed by atoms with Crippen molar-refractivity contribution in [1.29, 1.82) is 0 Å². The summed E-state index contributed by atoms with van der Waals surface area (Å²) in [6.45, 7) is -2.70. The van der Waals surface area contributed by atoms with E-state index in [1.165, 1.54) is 0 Å². The molecule has 0 saturated heterocycles. The smallest absolute Gasteiger partial charge is 0.0701 e. The Morgan fingerprint density at radius 3 is 1.75 bits per heavy atom. The van der Waals surface area contributed by atoms with Crippen LogP contribution in [0, 0.1) is 0 Å². The first kappa shape index (κ1) is 19.4. The van der Waals surface area contributed by atoms with Crippen LogP contribution in [0.15, 0.2) is 48.7 Å². The standard InChI is InChI=1S/C12H8B11N/c13-20(14)12(21(15)16,22(17)23(18)19)10-6-4-9(5-7-10)11-3-1-2-8-24-11/h1-8H. The van der Waals surface area contributed by atoms with Crippen molar-refractivity contribution in [2.45, 2.75) is 5.11 Å². The van der Waals surface area contributed by atoms with Crippen LogP contribution in [0.2, 0.25) is 0 Å². The van der Waals surface area contributed by atoms with Crippen molar-refractivity contribution in [2.75, 3.05) is 0 Å². The molecule has 24 heavy (non-hydrogen) atoms. The molecule has 0 unspecified atom stereocenters. The fraction of sp³-hybridized carbons (Fsp3) is 0.0833. The number of pyridine rings is 1. The van der Waals surface area contributed by atoms with Gasteiger partial charge in [-0.25, -0.2) is 0 Å². The molecule has 0 aliphatic heterocycles. The summed E-state index contributed by atoms with van der Waals surface area (Å²) in [7, 11) is 41.8. The summed E-state index contributed by atoms with van der Waals surface area (Å²) >= 11 is 0. The minimum absolute atomic E-state index is 0.681. The summed E-state index contributed by atoms with van der Waals surface area (Å²) in [4.78, 5) is 4.31. The van der Waals surface area contributed by atoms with Crippen molar-refractivity contribution in [1.82, 2.24) is 4.98 Å². The molecule has 2 aromatic rings. The summed E-state index contributed by atoms with van der Waals surface area (Å²) in [6.07, 6.45) is 0.840. The van der Waals surface area contributed by atoms with Crippen LogP contribution in [0.25, 0.3) is 11.3 Å². The lowest BCUT2D eigenvalue weighted by Gasteiger charge is -2.49. The first-order valence-corrected chi connectivity index (χ1v) is 7.62. The number of rotatable bonds is 6. The molecule has 0 aliphatic carbocycles. The Labute approximate surface area is 155 Å². The fourth-order valence-electron chi connectivity index (χ4n) is 3.03. The average molecular weight is 285 g/mol. The number of hydrogen-bond acceptors (Lipinski definition) is 1. The zero-order chi connectivity index (χ0) is 17.9. The van der Waals surface area contributed by atoms with Crippen molar-refractivity contribution in [2.24, 2.45) is 0 Å². The fourth-order valence-corrected chi connectivity index (χ4v) is 3.03. The molecule has 0 saturated carbocycles. The molecule has 12 heteroatoms. The van der Waals surface area contributed by atoms with Gasteiger partial charge in [0.1, 0.15) is 0 Å². The Bertz CT molecular complexity index is 638. The van der Waals surface area contributed by atoms with E-state index in [2.05, 4.69) is 4.98 Å². The summed E-state index contributed by atoms with van der Waals surface area (Å²) in [5.41, 5.74) is 2.44. The molecule has 1 nitrogen and oxygen atoms in total. The molecule has 1 aromatic heterocycles. The monoisotopic (exact) mass is 287 g/mol. The van der Waals surface area contributed by atoms with Crippen LogP contribution in [0.5, 0.6) is 0 Å². The maximum Gasteiger partial charge on any atom is 0.0701 e. The highest BCUT2D eigenvalue weighted by Crippen LogP contribution is 2.30. The van der Waals surface area contributed by atoms with Gasteiger partial charge in [0.05, 0.1) is 5.69 Å². The lowest BCUT2D eigenvalue weighted by molar-refractivity contribution is 1.19. The molecule has 94 valence electrons. The maximum atomic E-state index is 6.20. The van der Waals surface area contributed by atoms with Gasteiger partial charge in [0.25, 0.3) is 0 Å². The highest BCUT2D eigenvalue weighted by atomic mass is 14.7. The van der Waals surface area contributed by atoms with Gasteiger partial charge >= 0.3 is 0 Å². The molecular weight excluding hydrogens is 277 g/mol. The summed E-state index contributed by atoms with van der Waals surface area (Å²) in [5, 5.41) is -1.17. The van der Waals surface area contributed by atoms with E-state index in [9.17, 15) is 0 Å². The van der Waals surface area contributed by atoms with Gasteiger partial charge in [-0.05, 0) is 12.1 Å². The summed E-state index contributed by atoms with van der Waals surface area (Å²) < 4.78 is 0. The van der Waals surface area contributed by atoms with Crippen LogP contribution in [0.3, 0.4) is 0 Å². The van der Waals surface area contributed by atoms with Crippen LogP contribution < -0.4 is 0 Å². The molecule has 14 radical (unpaired) electrons. The largest absolute Gasteiger partial charge is 0.256 e. The van der Waals surface area contributed by atoms with E-state index in [1.54, 1.807) is 6.20 Å². The molecule has 0 spiro atoms. The topological polar surface area (TPSA) is 12.9 Å². The first-order chi connectivity index (χ1) is 11.3. The molecule has 1 aromatic carbocycles. The molecule has 0 amide bonds. The minimum atomic E-state index is -1.17. The highest BCUT2D eigenvalue weighted by molar-refractivity contribution is 7.71. The zero-order valence-electron chi connectivity index (χ0n) is 13.4. The molecular formula is C12H8B11N. The van der Waals surface area contributed by atoms with Crippen molar-refractivity contribution < 1.29 is 0 Å². The Morgan fingerprint density at radius 2 is 1.33 bits per heavy atom. The van der Waals surface area contributed by atoms with E-state index in [4.69, 9.17) is 54.2 Å². The number of hydrogen-bond donors (Lipinski definition) is 0. The Morgan fingerprint density at radius 1 is 0.750 bits per heavy atom. The van der Waals surface area contributed by atoms with Crippen molar-refractivity contribution in [3.8, 4) is 11.3 Å². The second kappa shape index (κ2) is 7.98. The highest BCUT2D eigenvalue weighted by Gasteiger charge is 2.44. The molecule has 0 bridgehead atoms. The average Bonchev–Trinajstić information content (AvgIpc) is 2.56. The van der Waals surface area contributed by atoms with E-state index in [0.29, 0.717) is 5.56 Å². The Hall–Kier alpha value is -0.916. The van der Waals surface area contributed by atoms with Crippen LogP contribution >= 0.6 is 0 Å². The van der Waals surface area contributed by atoms with Crippen LogP contribution in [0.4, 0.5) is 0 Å². The second-order valence-corrected chi connectivity index (χ2v) is 5.88. The van der Waals surface area contributed by atoms with E-state index in [1.807, 2.05) is 42.5 Å². The van der Waals surface area contributed by atoms with Gasteiger partial charge in [0.15, 0.2) is 0 Å². The molecule has 0 aliphatic rings. The number of benzene rings is 1. The third kappa shape index (κ3) is 3.53. The predicted octanol–water partition coefficient (Wildman–Crippen LogP) is -1.68. The van der Waals surface area contributed by atoms with Gasteiger partial charge in [-0.15, -0.1) is 5.11 Å². The third-order valence-corrected chi connectivity index (χ3v) is 4.41. The molecule has 0 N–H and O–H groups in total. The van der Waals surface area contributed by atoms with Gasteiger partial charge in [-0.1, -0.05) is 35.9 Å². The normalized spacial score (nSPS) is 10.8. The van der Waals surface area contributed by atoms with Gasteiger partial charge in [-0.2, -0.15) is 0 Å². The number of aromatic nitrogens is 1. The van der Waals surface area contributed by atoms with Crippen LogP contribution in [-0.2, 0) is 5.11 Å². The third-order valence-electron chi connectivity index (χ3n) is 4.41. The Balaban J connectivity index is 2.51.